The Morgan fingerprint density at radius 2 is 1.62 bits per heavy atom. The Morgan fingerprint density at radius 1 is 0.933 bits per heavy atom. The molecule has 5 aliphatic rings. The third-order valence-electron chi connectivity index (χ3n) is 15.6. The number of amides is 5. The second-order valence-corrected chi connectivity index (χ2v) is 23.1. The molecule has 5 amide bonds. The first kappa shape index (κ1) is 44.4. The van der Waals surface area contributed by atoms with E-state index in [-0.39, 0.29) is 45.3 Å². The van der Waals surface area contributed by atoms with Gasteiger partial charge in [0.2, 0.25) is 11.8 Å². The number of benzene rings is 1. The predicted molar refractivity (Wildman–Crippen MR) is 230 cm³/mol. The second-order valence-electron chi connectivity index (χ2n) is 21.4. The van der Waals surface area contributed by atoms with Gasteiger partial charge in [0.25, 0.3) is 15.9 Å². The molecule has 332 valence electrons. The van der Waals surface area contributed by atoms with Crippen LogP contribution < -0.4 is 26.0 Å². The van der Waals surface area contributed by atoms with E-state index in [1.54, 1.807) is 24.4 Å². The predicted octanol–water partition coefficient (Wildman–Crippen LogP) is 5.42. The quantitative estimate of drug-likeness (QED) is 0.147. The Labute approximate surface area is 356 Å². The number of rotatable bonds is 12. The van der Waals surface area contributed by atoms with Crippen molar-refractivity contribution in [3.8, 4) is 0 Å². The molecule has 4 aliphatic carbocycles. The lowest BCUT2D eigenvalue weighted by Gasteiger charge is -2.42. The van der Waals surface area contributed by atoms with Crippen molar-refractivity contribution in [1.82, 2.24) is 35.9 Å². The number of aliphatic hydroxyl groups excluding tert-OH is 1. The fourth-order valence-corrected chi connectivity index (χ4v) is 13.1. The van der Waals surface area contributed by atoms with Gasteiger partial charge in [0.15, 0.2) is 0 Å². The number of likely N-dealkylation sites (tertiary alicyclic amines) is 1. The number of hydrogen-bond donors (Lipinski definition) is 7. The summed E-state index contributed by atoms with van der Waals surface area (Å²) in [5.74, 6) is -1.97. The Morgan fingerprint density at radius 3 is 2.18 bits per heavy atom. The van der Waals surface area contributed by atoms with Crippen molar-refractivity contribution in [2.45, 2.75) is 173 Å². The molecule has 0 radical (unpaired) electrons. The summed E-state index contributed by atoms with van der Waals surface area (Å²) < 4.78 is 29.8. The molecule has 2 spiro atoms. The van der Waals surface area contributed by atoms with Crippen LogP contribution in [-0.4, -0.2) is 89.1 Å². The van der Waals surface area contributed by atoms with Gasteiger partial charge in [-0.05, 0) is 105 Å². The van der Waals surface area contributed by atoms with Gasteiger partial charge in [-0.1, -0.05) is 85.8 Å². The molecule has 15 heteroatoms. The van der Waals surface area contributed by atoms with Gasteiger partial charge in [-0.25, -0.2) is 17.9 Å². The van der Waals surface area contributed by atoms with Gasteiger partial charge in [0, 0.05) is 23.7 Å². The topological polar surface area (TPSA) is 202 Å². The van der Waals surface area contributed by atoms with Crippen LogP contribution >= 0.6 is 0 Å². The normalized spacial score (nSPS) is 29.0. The van der Waals surface area contributed by atoms with Crippen LogP contribution in [0.25, 0.3) is 10.9 Å². The molecular weight excluding hydrogens is 783 g/mol. The average molecular weight is 852 g/mol. The van der Waals surface area contributed by atoms with Crippen LogP contribution in [0.15, 0.2) is 35.4 Å². The van der Waals surface area contributed by atoms with Gasteiger partial charge < -0.3 is 31.4 Å². The molecule has 14 nitrogen and oxygen atoms in total. The average Bonchev–Trinajstić information content (AvgIpc) is 3.66. The van der Waals surface area contributed by atoms with E-state index in [0.29, 0.717) is 30.3 Å². The summed E-state index contributed by atoms with van der Waals surface area (Å²) in [6.45, 7) is 18.3. The van der Waals surface area contributed by atoms with E-state index >= 15 is 0 Å². The molecular formula is C45H69N7O7S. The van der Waals surface area contributed by atoms with Crippen molar-refractivity contribution < 1.29 is 32.7 Å². The molecule has 1 saturated heterocycles. The van der Waals surface area contributed by atoms with Crippen LogP contribution in [0, 0.1) is 33.5 Å². The van der Waals surface area contributed by atoms with Crippen LogP contribution in [0.1, 0.15) is 133 Å². The Kier molecular flexibility index (Phi) is 11.3. The van der Waals surface area contributed by atoms with E-state index in [9.17, 15) is 32.7 Å². The van der Waals surface area contributed by atoms with Gasteiger partial charge in [-0.2, -0.15) is 0 Å². The number of para-hydroxylation sites is 1. The van der Waals surface area contributed by atoms with E-state index in [1.807, 2.05) is 53.4 Å². The zero-order chi connectivity index (χ0) is 43.8. The number of nitrogens with one attached hydrogen (secondary N) is 6. The second kappa shape index (κ2) is 15.3. The highest BCUT2D eigenvalue weighted by atomic mass is 32.2. The fourth-order valence-electron chi connectivity index (χ4n) is 11.9. The van der Waals surface area contributed by atoms with Crippen molar-refractivity contribution >= 4 is 44.7 Å². The summed E-state index contributed by atoms with van der Waals surface area (Å²) in [5.41, 5.74) is -2.66. The van der Waals surface area contributed by atoms with E-state index in [1.165, 1.54) is 6.07 Å². The molecule has 1 aliphatic heterocycles. The van der Waals surface area contributed by atoms with Gasteiger partial charge in [0.1, 0.15) is 22.7 Å². The van der Waals surface area contributed by atoms with Crippen LogP contribution in [0.5, 0.6) is 0 Å². The molecule has 7 rings (SSSR count). The number of aliphatic hydroxyl groups is 1. The van der Waals surface area contributed by atoms with Crippen molar-refractivity contribution in [3.63, 3.8) is 0 Å². The first-order valence-corrected chi connectivity index (χ1v) is 23.7. The number of carbonyl (C=O) groups is 4. The molecule has 1 aromatic heterocycles. The summed E-state index contributed by atoms with van der Waals surface area (Å²) in [4.78, 5) is 61.5. The number of aromatic amines is 1. The number of sulfonamides is 1. The highest BCUT2D eigenvalue weighted by Crippen LogP contribution is 2.88. The number of aromatic nitrogens is 1. The first-order chi connectivity index (χ1) is 27.9. The SMILES string of the molecule is CC[C@@H]1C[C@]1(NC(=O)[C@@H]1C[C@@]2(CN1C(O)[C@@H](NC(=O)[C@@H](NC(=O)NC(C)(C)C)C1CCCCC1)C(C)(C)C)C(C)(C)C21CCC1)C(=O)NS(=O)(=O)c1cccc2cc[nH]c12. The van der Waals surface area contributed by atoms with Crippen molar-refractivity contribution in [2.75, 3.05) is 6.54 Å². The van der Waals surface area contributed by atoms with Crippen LogP contribution in [-0.2, 0) is 24.4 Å². The van der Waals surface area contributed by atoms with Crippen LogP contribution in [0.4, 0.5) is 4.79 Å². The molecule has 1 aromatic carbocycles. The standard InChI is InChI=1S/C45H69N7O7S/c1-10-29-24-45(29,38(56)51-60(58,59)31-19-14-18-28-20-23-46-32(28)31)49-35(53)30-25-44(42(8,9)43(44)21-15-22-43)26-52(30)37(55)34(40(2,3)4)48-36(54)33(27-16-12-11-13-17-27)47-39(57)50-41(5,6)7/h14,18-20,23,27,29-30,33-34,37,46,55H,10-13,15-17,21-22,24-26H2,1-9H3,(H,48,54)(H,49,53)(H,51,56)(H2,47,50,57)/t29-,30+,33+,34-,37?,44-,45-/m1/s1. The zero-order valence-electron chi connectivity index (χ0n) is 37.1. The number of fused-ring (bicyclic) bond motifs is 2. The maximum atomic E-state index is 14.9. The highest BCUT2D eigenvalue weighted by molar-refractivity contribution is 7.90. The molecule has 0 bridgehead atoms. The first-order valence-electron chi connectivity index (χ1n) is 22.2. The van der Waals surface area contributed by atoms with Gasteiger partial charge in [-0.15, -0.1) is 0 Å². The van der Waals surface area contributed by atoms with E-state index in [2.05, 4.69) is 44.8 Å². The summed E-state index contributed by atoms with van der Waals surface area (Å²) in [6.07, 6.45) is 9.32. The minimum Gasteiger partial charge on any atom is -0.376 e. The smallest absolute Gasteiger partial charge is 0.315 e. The van der Waals surface area contributed by atoms with Crippen molar-refractivity contribution in [2.24, 2.45) is 33.5 Å². The molecule has 2 heterocycles. The zero-order valence-corrected chi connectivity index (χ0v) is 37.9. The number of H-pyrrole nitrogens is 1. The van der Waals surface area contributed by atoms with E-state index < -0.39 is 68.7 Å². The third kappa shape index (κ3) is 7.52. The highest BCUT2D eigenvalue weighted by Gasteiger charge is 2.85. The molecule has 5 fully saturated rings. The Balaban J connectivity index is 1.16. The molecule has 2 aromatic rings. The van der Waals surface area contributed by atoms with Gasteiger partial charge in [0.05, 0.1) is 17.6 Å². The third-order valence-corrected chi connectivity index (χ3v) is 17.0. The van der Waals surface area contributed by atoms with Crippen LogP contribution in [0.2, 0.25) is 0 Å². The lowest BCUT2D eigenvalue weighted by Crippen LogP contribution is -2.64. The lowest BCUT2D eigenvalue weighted by atomic mass is 9.73. The van der Waals surface area contributed by atoms with E-state index in [4.69, 9.17) is 0 Å². The van der Waals surface area contributed by atoms with Crippen LogP contribution in [0.3, 0.4) is 0 Å². The summed E-state index contributed by atoms with van der Waals surface area (Å²) in [7, 11) is -4.32. The molecule has 7 atom stereocenters. The van der Waals surface area contributed by atoms with Crippen molar-refractivity contribution in [3.05, 3.63) is 30.5 Å². The Bertz CT molecular complexity index is 2110. The number of carbonyl (C=O) groups excluding carboxylic acids is 4. The minimum absolute atomic E-state index is 0.0113. The fraction of sp³-hybridized carbons (Fsp3) is 0.733. The summed E-state index contributed by atoms with van der Waals surface area (Å²) in [5, 5.41) is 25.5. The molecule has 4 saturated carbocycles. The van der Waals surface area contributed by atoms with Crippen molar-refractivity contribution in [1.29, 1.82) is 0 Å². The minimum atomic E-state index is -4.32. The number of hydrogen-bond acceptors (Lipinski definition) is 8. The maximum absolute atomic E-state index is 14.9. The largest absolute Gasteiger partial charge is 0.376 e. The maximum Gasteiger partial charge on any atom is 0.315 e. The molecule has 1 unspecified atom stereocenters. The molecule has 60 heavy (non-hydrogen) atoms. The monoisotopic (exact) mass is 851 g/mol. The number of urea groups is 1. The summed E-state index contributed by atoms with van der Waals surface area (Å²) in [6, 6.07) is 3.62. The van der Waals surface area contributed by atoms with E-state index in [0.717, 1.165) is 51.4 Å². The number of nitrogens with zero attached hydrogens (tertiary/aromatic N) is 1. The van der Waals surface area contributed by atoms with Gasteiger partial charge >= 0.3 is 6.03 Å². The van der Waals surface area contributed by atoms with Gasteiger partial charge in [-0.3, -0.25) is 19.3 Å². The lowest BCUT2D eigenvalue weighted by molar-refractivity contribution is -0.138. The Hall–Kier alpha value is -3.69. The molecule has 7 N–H and O–H groups in total. The summed E-state index contributed by atoms with van der Waals surface area (Å²) >= 11 is 0.